The molecule has 7 heteroatoms. The summed E-state index contributed by atoms with van der Waals surface area (Å²) in [6.07, 6.45) is 3.78. The summed E-state index contributed by atoms with van der Waals surface area (Å²) in [5.41, 5.74) is 2.93. The van der Waals surface area contributed by atoms with Gasteiger partial charge >= 0.3 is 0 Å². The molecule has 0 atom stereocenters. The van der Waals surface area contributed by atoms with E-state index in [9.17, 15) is 9.59 Å². The highest BCUT2D eigenvalue weighted by Gasteiger charge is 2.08. The van der Waals surface area contributed by atoms with Crippen LogP contribution in [0.1, 0.15) is 34.5 Å². The van der Waals surface area contributed by atoms with E-state index in [2.05, 4.69) is 15.6 Å². The number of aromatic nitrogens is 1. The van der Waals surface area contributed by atoms with Crippen LogP contribution in [0.3, 0.4) is 0 Å². The molecule has 0 radical (unpaired) electrons. The van der Waals surface area contributed by atoms with Gasteiger partial charge in [-0.25, -0.2) is 4.98 Å². The molecule has 0 aliphatic heterocycles. The van der Waals surface area contributed by atoms with E-state index in [1.165, 1.54) is 11.8 Å². The molecule has 0 aliphatic rings. The molecular formula is C22H23N3O4. The van der Waals surface area contributed by atoms with E-state index < -0.39 is 0 Å². The van der Waals surface area contributed by atoms with Crippen LogP contribution in [-0.2, 0) is 4.79 Å². The highest BCUT2D eigenvalue weighted by molar-refractivity contribution is 5.92. The molecule has 29 heavy (non-hydrogen) atoms. The molecule has 0 spiro atoms. The number of nitrogens with one attached hydrogen (secondary N) is 2. The van der Waals surface area contributed by atoms with E-state index >= 15 is 0 Å². The topological polar surface area (TPSA) is 93.5 Å². The van der Waals surface area contributed by atoms with Gasteiger partial charge in [0.15, 0.2) is 5.76 Å². The summed E-state index contributed by atoms with van der Waals surface area (Å²) < 4.78 is 10.7. The lowest BCUT2D eigenvalue weighted by atomic mass is 10.1. The second kappa shape index (κ2) is 9.54. The summed E-state index contributed by atoms with van der Waals surface area (Å²) in [6, 6.07) is 12.5. The summed E-state index contributed by atoms with van der Waals surface area (Å²) in [7, 11) is 0. The highest BCUT2D eigenvalue weighted by Crippen LogP contribution is 2.23. The minimum atomic E-state index is -0.293. The van der Waals surface area contributed by atoms with Crippen LogP contribution < -0.4 is 15.4 Å². The molecule has 0 aliphatic carbocycles. The SMILES string of the molecule is Cc1ccc(Oc2ccc(NC(=O)CCCNC(=O)c3ccco3)cn2)cc1C. The number of rotatable bonds is 8. The summed E-state index contributed by atoms with van der Waals surface area (Å²) in [6.45, 7) is 4.45. The molecule has 3 aromatic rings. The number of benzene rings is 1. The third-order valence-corrected chi connectivity index (χ3v) is 4.33. The summed E-state index contributed by atoms with van der Waals surface area (Å²) >= 11 is 0. The Morgan fingerprint density at radius 2 is 1.97 bits per heavy atom. The first-order chi connectivity index (χ1) is 14.0. The Bertz CT molecular complexity index is 966. The smallest absolute Gasteiger partial charge is 0.286 e. The van der Waals surface area contributed by atoms with Crippen molar-refractivity contribution in [3.63, 3.8) is 0 Å². The lowest BCUT2D eigenvalue weighted by Gasteiger charge is -2.09. The third kappa shape index (κ3) is 5.93. The van der Waals surface area contributed by atoms with Crippen LogP contribution in [0.25, 0.3) is 0 Å². The second-order valence-electron chi connectivity index (χ2n) is 6.62. The van der Waals surface area contributed by atoms with E-state index in [0.717, 1.165) is 5.56 Å². The number of nitrogens with zero attached hydrogens (tertiary/aromatic N) is 1. The first kappa shape index (κ1) is 20.1. The van der Waals surface area contributed by atoms with Crippen LogP contribution >= 0.6 is 0 Å². The summed E-state index contributed by atoms with van der Waals surface area (Å²) in [5.74, 6) is 0.977. The monoisotopic (exact) mass is 393 g/mol. The fourth-order valence-electron chi connectivity index (χ4n) is 2.58. The molecule has 2 amide bonds. The quantitative estimate of drug-likeness (QED) is 0.559. The molecule has 0 saturated carbocycles. The molecule has 2 heterocycles. The molecule has 2 aromatic heterocycles. The first-order valence-electron chi connectivity index (χ1n) is 9.34. The van der Waals surface area contributed by atoms with Gasteiger partial charge < -0.3 is 19.8 Å². The number of furan rings is 1. The molecule has 0 bridgehead atoms. The molecule has 0 fully saturated rings. The van der Waals surface area contributed by atoms with Crippen LogP contribution in [0.5, 0.6) is 11.6 Å². The molecule has 0 saturated heterocycles. The Morgan fingerprint density at radius 3 is 2.66 bits per heavy atom. The van der Waals surface area contributed by atoms with Gasteiger partial charge in [-0.2, -0.15) is 0 Å². The molecule has 7 nitrogen and oxygen atoms in total. The normalized spacial score (nSPS) is 10.4. The Balaban J connectivity index is 1.41. The maximum absolute atomic E-state index is 12.0. The van der Waals surface area contributed by atoms with E-state index in [4.69, 9.17) is 9.15 Å². The number of aryl methyl sites for hydroxylation is 2. The zero-order valence-corrected chi connectivity index (χ0v) is 16.4. The van der Waals surface area contributed by atoms with Crippen molar-refractivity contribution >= 4 is 17.5 Å². The van der Waals surface area contributed by atoms with Crippen molar-refractivity contribution in [2.45, 2.75) is 26.7 Å². The molecular weight excluding hydrogens is 370 g/mol. The standard InChI is InChI=1S/C22H23N3O4/c1-15-7-9-18(13-16(15)2)29-21-10-8-17(14-24-21)25-20(26)6-3-11-23-22(27)19-5-4-12-28-19/h4-5,7-10,12-14H,3,6,11H2,1-2H3,(H,23,27)(H,25,26). The molecule has 0 unspecified atom stereocenters. The molecule has 1 aromatic carbocycles. The number of anilines is 1. The van der Waals surface area contributed by atoms with Gasteiger partial charge in [0, 0.05) is 19.0 Å². The number of pyridine rings is 1. The maximum atomic E-state index is 12.0. The van der Waals surface area contributed by atoms with Gasteiger partial charge in [0.25, 0.3) is 5.91 Å². The van der Waals surface area contributed by atoms with Gasteiger partial charge in [0.2, 0.25) is 11.8 Å². The lowest BCUT2D eigenvalue weighted by Crippen LogP contribution is -2.25. The first-order valence-corrected chi connectivity index (χ1v) is 9.34. The van der Waals surface area contributed by atoms with Gasteiger partial charge in [-0.3, -0.25) is 9.59 Å². The predicted octanol–water partition coefficient (Wildman–Crippen LogP) is 4.23. The Labute approximate surface area is 169 Å². The van der Waals surface area contributed by atoms with Crippen LogP contribution in [-0.4, -0.2) is 23.3 Å². The van der Waals surface area contributed by atoms with Gasteiger partial charge in [-0.1, -0.05) is 6.07 Å². The zero-order valence-electron chi connectivity index (χ0n) is 16.4. The van der Waals surface area contributed by atoms with Crippen molar-refractivity contribution in [2.75, 3.05) is 11.9 Å². The minimum Gasteiger partial charge on any atom is -0.459 e. The van der Waals surface area contributed by atoms with Crippen LogP contribution in [0.15, 0.2) is 59.3 Å². The fourth-order valence-corrected chi connectivity index (χ4v) is 2.58. The number of hydrogen-bond donors (Lipinski definition) is 2. The molecule has 3 rings (SSSR count). The Hall–Kier alpha value is -3.61. The van der Waals surface area contributed by atoms with E-state index in [-0.39, 0.29) is 24.0 Å². The number of carbonyl (C=O) groups excluding carboxylic acids is 2. The molecule has 2 N–H and O–H groups in total. The van der Waals surface area contributed by atoms with Crippen molar-refractivity contribution in [1.82, 2.24) is 10.3 Å². The second-order valence-corrected chi connectivity index (χ2v) is 6.62. The summed E-state index contributed by atoms with van der Waals surface area (Å²) in [5, 5.41) is 5.48. The number of hydrogen-bond acceptors (Lipinski definition) is 5. The van der Waals surface area contributed by atoms with Gasteiger partial charge in [0.1, 0.15) is 5.75 Å². The van der Waals surface area contributed by atoms with Crippen LogP contribution in [0, 0.1) is 13.8 Å². The Kier molecular flexibility index (Phi) is 6.63. The highest BCUT2D eigenvalue weighted by atomic mass is 16.5. The summed E-state index contributed by atoms with van der Waals surface area (Å²) in [4.78, 5) is 28.0. The number of ether oxygens (including phenoxy) is 1. The lowest BCUT2D eigenvalue weighted by molar-refractivity contribution is -0.116. The largest absolute Gasteiger partial charge is 0.459 e. The van der Waals surface area contributed by atoms with Crippen LogP contribution in [0.4, 0.5) is 5.69 Å². The van der Waals surface area contributed by atoms with Crippen molar-refractivity contribution in [3.05, 3.63) is 71.8 Å². The molecule has 150 valence electrons. The van der Waals surface area contributed by atoms with E-state index in [0.29, 0.717) is 30.3 Å². The van der Waals surface area contributed by atoms with Crippen molar-refractivity contribution < 1.29 is 18.7 Å². The van der Waals surface area contributed by atoms with E-state index in [1.54, 1.807) is 30.5 Å². The van der Waals surface area contributed by atoms with Gasteiger partial charge in [-0.15, -0.1) is 0 Å². The van der Waals surface area contributed by atoms with Crippen molar-refractivity contribution in [1.29, 1.82) is 0 Å². The van der Waals surface area contributed by atoms with Crippen LogP contribution in [0.2, 0.25) is 0 Å². The predicted molar refractivity (Wildman–Crippen MR) is 109 cm³/mol. The average Bonchev–Trinajstić information content (AvgIpc) is 3.24. The maximum Gasteiger partial charge on any atom is 0.286 e. The average molecular weight is 393 g/mol. The van der Waals surface area contributed by atoms with E-state index in [1.807, 2.05) is 32.0 Å². The Morgan fingerprint density at radius 1 is 1.10 bits per heavy atom. The zero-order chi connectivity index (χ0) is 20.6. The number of carbonyl (C=O) groups is 2. The van der Waals surface area contributed by atoms with Crippen molar-refractivity contribution in [3.8, 4) is 11.6 Å². The fraction of sp³-hybridized carbons (Fsp3) is 0.227. The van der Waals surface area contributed by atoms with Gasteiger partial charge in [0.05, 0.1) is 18.1 Å². The van der Waals surface area contributed by atoms with Gasteiger partial charge in [-0.05, 0) is 61.7 Å². The third-order valence-electron chi connectivity index (χ3n) is 4.33. The number of amides is 2. The van der Waals surface area contributed by atoms with Crippen molar-refractivity contribution in [2.24, 2.45) is 0 Å². The minimum absolute atomic E-state index is 0.151.